The lowest BCUT2D eigenvalue weighted by Crippen LogP contribution is -2.57. The van der Waals surface area contributed by atoms with Crippen LogP contribution in [-0.4, -0.2) is 6.71 Å². The smallest absolute Gasteiger partial charge is 0.260 e. The fourth-order valence-electron chi connectivity index (χ4n) is 4.56. The Morgan fingerprint density at radius 2 is 1.16 bits per heavy atom. The third-order valence-corrected chi connectivity index (χ3v) is 5.99. The van der Waals surface area contributed by atoms with Gasteiger partial charge in [0.15, 0.2) is 0 Å². The average molecular weight is 404 g/mol. The van der Waals surface area contributed by atoms with Gasteiger partial charge in [-0.05, 0) is 72.7 Å². The summed E-state index contributed by atoms with van der Waals surface area (Å²) in [7, 11) is 0. The Morgan fingerprint density at radius 1 is 0.581 bits per heavy atom. The van der Waals surface area contributed by atoms with E-state index in [1.165, 1.54) is 22.1 Å². The monoisotopic (exact) mass is 404 g/mol. The molecule has 2 aliphatic heterocycles. The van der Waals surface area contributed by atoms with E-state index in [0.29, 0.717) is 5.75 Å². The molecular weight excluding hydrogens is 383 g/mol. The normalized spacial score (nSPS) is 12.8. The average Bonchev–Trinajstić information content (AvgIpc) is 2.72. The number of ether oxygens (including phenoxy) is 3. The molecular formula is C27H21BO3. The number of benzene rings is 4. The molecule has 0 N–H and O–H groups in total. The van der Waals surface area contributed by atoms with Crippen molar-refractivity contribution in [2.75, 3.05) is 0 Å². The van der Waals surface area contributed by atoms with Gasteiger partial charge in [0.1, 0.15) is 34.5 Å². The zero-order valence-electron chi connectivity index (χ0n) is 17.7. The van der Waals surface area contributed by atoms with E-state index in [4.69, 9.17) is 14.2 Å². The maximum atomic E-state index is 6.39. The molecule has 4 aromatic rings. The molecule has 0 aliphatic carbocycles. The van der Waals surface area contributed by atoms with Gasteiger partial charge in [0.2, 0.25) is 0 Å². The molecule has 0 radical (unpaired) electrons. The number of fused-ring (bicyclic) bond motifs is 4. The minimum Gasteiger partial charge on any atom is -0.458 e. The first-order chi connectivity index (χ1) is 15.0. The van der Waals surface area contributed by atoms with Crippen LogP contribution in [0.5, 0.6) is 34.5 Å². The van der Waals surface area contributed by atoms with Crippen LogP contribution in [0.25, 0.3) is 0 Å². The van der Waals surface area contributed by atoms with Crippen molar-refractivity contribution in [3.63, 3.8) is 0 Å². The fraction of sp³-hybridized carbons (Fsp3) is 0.111. The van der Waals surface area contributed by atoms with Gasteiger partial charge in [-0.15, -0.1) is 0 Å². The molecule has 4 aromatic carbocycles. The van der Waals surface area contributed by atoms with Gasteiger partial charge in [0.05, 0.1) is 0 Å². The van der Waals surface area contributed by atoms with Crippen LogP contribution in [0.15, 0.2) is 72.8 Å². The molecule has 0 saturated carbocycles. The summed E-state index contributed by atoms with van der Waals surface area (Å²) in [5, 5.41) is 0. The molecule has 3 nitrogen and oxygen atoms in total. The Balaban J connectivity index is 1.54. The van der Waals surface area contributed by atoms with Crippen molar-refractivity contribution < 1.29 is 14.2 Å². The lowest BCUT2D eigenvalue weighted by molar-refractivity contribution is 0.442. The first-order valence-electron chi connectivity index (χ1n) is 10.5. The van der Waals surface area contributed by atoms with E-state index in [2.05, 4.69) is 63.2 Å². The van der Waals surface area contributed by atoms with Gasteiger partial charge >= 0.3 is 0 Å². The van der Waals surface area contributed by atoms with E-state index in [-0.39, 0.29) is 6.71 Å². The first kappa shape index (κ1) is 18.1. The molecule has 150 valence electrons. The van der Waals surface area contributed by atoms with Gasteiger partial charge in [-0.2, -0.15) is 0 Å². The van der Waals surface area contributed by atoms with E-state index in [1.54, 1.807) is 0 Å². The highest BCUT2D eigenvalue weighted by atomic mass is 16.5. The molecule has 6 rings (SSSR count). The summed E-state index contributed by atoms with van der Waals surface area (Å²) in [5.41, 5.74) is 6.89. The Hall–Kier alpha value is -3.66. The van der Waals surface area contributed by atoms with Crippen molar-refractivity contribution in [1.82, 2.24) is 0 Å². The van der Waals surface area contributed by atoms with Gasteiger partial charge in [-0.1, -0.05) is 36.4 Å². The summed E-state index contributed by atoms with van der Waals surface area (Å²) in [6.07, 6.45) is 0. The standard InChI is InChI=1S/C27H21BO3/c1-16-5-4-6-19(11-16)29-20-14-25-27-26(15-20)31-24-13-18(3)8-10-22(24)28(27)21-9-7-17(2)12-23(21)30-25/h4-15H,1-3H3. The molecule has 0 amide bonds. The first-order valence-corrected chi connectivity index (χ1v) is 10.5. The molecule has 31 heavy (non-hydrogen) atoms. The predicted molar refractivity (Wildman–Crippen MR) is 125 cm³/mol. The summed E-state index contributed by atoms with van der Waals surface area (Å²) < 4.78 is 19.0. The van der Waals surface area contributed by atoms with Crippen molar-refractivity contribution >= 4 is 23.1 Å². The summed E-state index contributed by atoms with van der Waals surface area (Å²) in [6, 6.07) is 24.8. The molecule has 0 aromatic heterocycles. The zero-order valence-corrected chi connectivity index (χ0v) is 17.7. The summed E-state index contributed by atoms with van der Waals surface area (Å²) >= 11 is 0. The third kappa shape index (κ3) is 2.98. The van der Waals surface area contributed by atoms with Crippen LogP contribution in [0, 0.1) is 20.8 Å². The van der Waals surface area contributed by atoms with Crippen LogP contribution in [-0.2, 0) is 0 Å². The highest BCUT2D eigenvalue weighted by Gasteiger charge is 2.40. The molecule has 0 bridgehead atoms. The van der Waals surface area contributed by atoms with Crippen LogP contribution in [0.2, 0.25) is 0 Å². The number of rotatable bonds is 2. The number of hydrogen-bond acceptors (Lipinski definition) is 3. The molecule has 0 saturated heterocycles. The topological polar surface area (TPSA) is 27.7 Å². The Labute approximate surface area is 182 Å². The van der Waals surface area contributed by atoms with E-state index >= 15 is 0 Å². The molecule has 0 atom stereocenters. The van der Waals surface area contributed by atoms with E-state index in [0.717, 1.165) is 39.8 Å². The summed E-state index contributed by atoms with van der Waals surface area (Å²) in [4.78, 5) is 0. The van der Waals surface area contributed by atoms with Crippen molar-refractivity contribution in [3.8, 4) is 34.5 Å². The largest absolute Gasteiger partial charge is 0.458 e. The molecule has 2 aliphatic rings. The lowest BCUT2D eigenvalue weighted by Gasteiger charge is -2.33. The van der Waals surface area contributed by atoms with Crippen LogP contribution in [0.4, 0.5) is 0 Å². The van der Waals surface area contributed by atoms with E-state index in [1.807, 2.05) is 30.3 Å². The van der Waals surface area contributed by atoms with Gasteiger partial charge in [-0.25, -0.2) is 0 Å². The molecule has 2 heterocycles. The van der Waals surface area contributed by atoms with Crippen molar-refractivity contribution in [3.05, 3.63) is 89.5 Å². The Kier molecular flexibility index (Phi) is 3.91. The third-order valence-electron chi connectivity index (χ3n) is 5.99. The maximum Gasteiger partial charge on any atom is 0.260 e. The zero-order chi connectivity index (χ0) is 21.1. The quantitative estimate of drug-likeness (QED) is 0.375. The molecule has 0 unspecified atom stereocenters. The van der Waals surface area contributed by atoms with Gasteiger partial charge in [0, 0.05) is 17.6 Å². The molecule has 0 spiro atoms. The Bertz CT molecular complexity index is 1280. The summed E-state index contributed by atoms with van der Waals surface area (Å²) in [5.74, 6) is 4.85. The van der Waals surface area contributed by atoms with E-state index < -0.39 is 0 Å². The fourth-order valence-corrected chi connectivity index (χ4v) is 4.56. The minimum atomic E-state index is 0.0757. The van der Waals surface area contributed by atoms with Crippen LogP contribution >= 0.6 is 0 Å². The second kappa shape index (κ2) is 6.68. The predicted octanol–water partition coefficient (Wildman–Crippen LogP) is 5.13. The highest BCUT2D eigenvalue weighted by molar-refractivity contribution is 6.98. The Morgan fingerprint density at radius 3 is 1.74 bits per heavy atom. The number of hydrogen-bond donors (Lipinski definition) is 0. The molecule has 0 fully saturated rings. The molecule has 4 heteroatoms. The second-order valence-corrected chi connectivity index (χ2v) is 8.47. The second-order valence-electron chi connectivity index (χ2n) is 8.47. The number of aryl methyl sites for hydroxylation is 3. The van der Waals surface area contributed by atoms with Crippen molar-refractivity contribution in [2.45, 2.75) is 20.8 Å². The van der Waals surface area contributed by atoms with Crippen LogP contribution in [0.1, 0.15) is 16.7 Å². The van der Waals surface area contributed by atoms with Gasteiger partial charge in [0.25, 0.3) is 6.71 Å². The SMILES string of the molecule is Cc1cccc(Oc2cc3c4c(c2)Oc2cc(C)ccc2B4c2ccc(C)cc2O3)c1. The minimum absolute atomic E-state index is 0.0757. The van der Waals surface area contributed by atoms with E-state index in [9.17, 15) is 0 Å². The van der Waals surface area contributed by atoms with Crippen LogP contribution in [0.3, 0.4) is 0 Å². The summed E-state index contributed by atoms with van der Waals surface area (Å²) in [6.45, 7) is 6.30. The van der Waals surface area contributed by atoms with Gasteiger partial charge in [-0.3, -0.25) is 0 Å². The van der Waals surface area contributed by atoms with Crippen molar-refractivity contribution in [2.24, 2.45) is 0 Å². The lowest BCUT2D eigenvalue weighted by atomic mass is 9.35. The van der Waals surface area contributed by atoms with Crippen molar-refractivity contribution in [1.29, 1.82) is 0 Å². The maximum absolute atomic E-state index is 6.39. The van der Waals surface area contributed by atoms with Gasteiger partial charge < -0.3 is 14.2 Å². The highest BCUT2D eigenvalue weighted by Crippen LogP contribution is 2.39. The van der Waals surface area contributed by atoms with Crippen LogP contribution < -0.4 is 30.6 Å².